The molecule has 5 rings (SSSR count). The lowest BCUT2D eigenvalue weighted by molar-refractivity contribution is -0.137. The molecule has 190 valence electrons. The molecule has 7 nitrogen and oxygen atoms in total. The van der Waals surface area contributed by atoms with E-state index in [0.29, 0.717) is 16.3 Å². The van der Waals surface area contributed by atoms with E-state index < -0.39 is 47.6 Å². The molecule has 0 aliphatic carbocycles. The lowest BCUT2D eigenvalue weighted by atomic mass is 9.90. The van der Waals surface area contributed by atoms with Crippen molar-refractivity contribution in [1.82, 2.24) is 0 Å². The Morgan fingerprint density at radius 1 is 0.892 bits per heavy atom. The van der Waals surface area contributed by atoms with Crippen LogP contribution in [0.3, 0.4) is 0 Å². The van der Waals surface area contributed by atoms with Gasteiger partial charge in [0.05, 0.1) is 35.7 Å². The second-order valence-electron chi connectivity index (χ2n) is 8.47. The van der Waals surface area contributed by atoms with Crippen LogP contribution in [-0.4, -0.2) is 31.0 Å². The van der Waals surface area contributed by atoms with Crippen molar-refractivity contribution < 1.29 is 37.1 Å². The predicted molar refractivity (Wildman–Crippen MR) is 127 cm³/mol. The highest BCUT2D eigenvalue weighted by Crippen LogP contribution is 2.48. The van der Waals surface area contributed by atoms with Gasteiger partial charge in [-0.1, -0.05) is 23.7 Å². The molecule has 11 heteroatoms. The van der Waals surface area contributed by atoms with Gasteiger partial charge in [0.15, 0.2) is 6.10 Å². The summed E-state index contributed by atoms with van der Waals surface area (Å²) < 4.78 is 44.2. The van der Waals surface area contributed by atoms with Crippen molar-refractivity contribution >= 4 is 40.8 Å². The number of nitrogens with zero attached hydrogens (tertiary/aromatic N) is 2. The molecule has 37 heavy (non-hydrogen) atoms. The molecule has 0 bridgehead atoms. The molecule has 2 heterocycles. The number of anilines is 2. The highest BCUT2D eigenvalue weighted by Gasteiger charge is 2.60. The molecule has 2 aliphatic rings. The number of carbonyl (C=O) groups excluding carboxylic acids is 3. The lowest BCUT2D eigenvalue weighted by Gasteiger charge is -2.29. The van der Waals surface area contributed by atoms with Crippen molar-refractivity contribution in [3.8, 4) is 0 Å². The number of amides is 2. The van der Waals surface area contributed by atoms with Gasteiger partial charge in [-0.25, -0.2) is 14.8 Å². The van der Waals surface area contributed by atoms with Crippen LogP contribution in [0, 0.1) is 5.92 Å². The number of imide groups is 1. The van der Waals surface area contributed by atoms with Gasteiger partial charge < -0.3 is 4.74 Å². The summed E-state index contributed by atoms with van der Waals surface area (Å²) in [6.07, 6.45) is -5.74. The number of hydrogen-bond donors (Lipinski definition) is 0. The second kappa shape index (κ2) is 9.20. The average Bonchev–Trinajstić information content (AvgIpc) is 3.39. The number of hydrogen-bond acceptors (Lipinski definition) is 6. The van der Waals surface area contributed by atoms with E-state index in [9.17, 15) is 27.6 Å². The Bertz CT molecular complexity index is 1360. The van der Waals surface area contributed by atoms with E-state index in [0.717, 1.165) is 17.0 Å². The number of halogens is 4. The topological polar surface area (TPSA) is 76.2 Å². The van der Waals surface area contributed by atoms with Gasteiger partial charge >= 0.3 is 12.1 Å². The minimum Gasteiger partial charge on any atom is -0.465 e. The third-order valence-corrected chi connectivity index (χ3v) is 6.57. The van der Waals surface area contributed by atoms with Crippen molar-refractivity contribution in [2.45, 2.75) is 18.3 Å². The molecule has 2 fully saturated rings. The van der Waals surface area contributed by atoms with Gasteiger partial charge in [-0.2, -0.15) is 13.2 Å². The van der Waals surface area contributed by atoms with Crippen molar-refractivity contribution in [3.63, 3.8) is 0 Å². The van der Waals surface area contributed by atoms with Crippen LogP contribution in [0.25, 0.3) is 0 Å². The number of ether oxygens (including phenoxy) is 1. The largest absolute Gasteiger partial charge is 0.465 e. The monoisotopic (exact) mass is 530 g/mol. The fourth-order valence-corrected chi connectivity index (χ4v) is 4.68. The fourth-order valence-electron chi connectivity index (χ4n) is 4.55. The molecular weight excluding hydrogens is 513 g/mol. The summed E-state index contributed by atoms with van der Waals surface area (Å²) in [6, 6.07) is 15.6. The Labute approximate surface area is 213 Å². The predicted octanol–water partition coefficient (Wildman–Crippen LogP) is 5.20. The van der Waals surface area contributed by atoms with Gasteiger partial charge in [-0.05, 0) is 66.2 Å². The summed E-state index contributed by atoms with van der Waals surface area (Å²) in [5, 5.41) is 1.81. The normalized spacial score (nSPS) is 21.4. The second-order valence-corrected chi connectivity index (χ2v) is 8.91. The Morgan fingerprint density at radius 3 is 2.05 bits per heavy atom. The zero-order valence-corrected chi connectivity index (χ0v) is 19.9. The zero-order valence-electron chi connectivity index (χ0n) is 19.1. The molecule has 2 aliphatic heterocycles. The molecule has 0 unspecified atom stereocenters. The van der Waals surface area contributed by atoms with E-state index in [-0.39, 0.29) is 11.3 Å². The number of rotatable bonds is 4. The van der Waals surface area contributed by atoms with Crippen molar-refractivity contribution in [3.05, 3.63) is 94.5 Å². The quantitative estimate of drug-likeness (QED) is 0.341. The molecule has 0 spiro atoms. The number of carbonyl (C=O) groups is 3. The number of benzene rings is 3. The standard InChI is InChI=1S/C26H18ClF3N2O5/c1-36-25(35)15-4-10-18(11-5-15)31-23(33)20-21(14-2-6-16(7-3-14)26(28,29)30)32(37-22(20)24(31)34)19-12-8-17(27)9-13-19/h2-13,20-22H,1H3/t20-,21-,22-/m0/s1. The van der Waals surface area contributed by atoms with Crippen LogP contribution < -0.4 is 9.96 Å². The van der Waals surface area contributed by atoms with Crippen molar-refractivity contribution in [2.24, 2.45) is 5.92 Å². The van der Waals surface area contributed by atoms with E-state index in [1.165, 1.54) is 48.6 Å². The van der Waals surface area contributed by atoms with Gasteiger partial charge in [-0.3, -0.25) is 14.4 Å². The van der Waals surface area contributed by atoms with Gasteiger partial charge in [-0.15, -0.1) is 0 Å². The Kier molecular flexibility index (Phi) is 6.17. The number of esters is 1. The van der Waals surface area contributed by atoms with E-state index >= 15 is 0 Å². The molecule has 2 amide bonds. The third kappa shape index (κ3) is 4.32. The minimum atomic E-state index is -4.53. The van der Waals surface area contributed by atoms with Crippen LogP contribution in [0.4, 0.5) is 24.5 Å². The van der Waals surface area contributed by atoms with Crippen LogP contribution in [0.1, 0.15) is 27.5 Å². The molecular formula is C26H18ClF3N2O5. The van der Waals surface area contributed by atoms with Gasteiger partial charge in [0.1, 0.15) is 5.92 Å². The molecule has 2 saturated heterocycles. The summed E-state index contributed by atoms with van der Waals surface area (Å²) in [7, 11) is 1.23. The molecule has 0 aromatic heterocycles. The molecule has 0 saturated carbocycles. The maximum Gasteiger partial charge on any atom is 0.416 e. The van der Waals surface area contributed by atoms with E-state index in [2.05, 4.69) is 4.74 Å². The number of methoxy groups -OCH3 is 1. The van der Waals surface area contributed by atoms with Crippen LogP contribution >= 0.6 is 11.6 Å². The van der Waals surface area contributed by atoms with Crippen molar-refractivity contribution in [1.29, 1.82) is 0 Å². The van der Waals surface area contributed by atoms with Gasteiger partial charge in [0.2, 0.25) is 5.91 Å². The molecule has 3 aromatic carbocycles. The SMILES string of the molecule is COC(=O)c1ccc(N2C(=O)[C@@H]3[C@H](ON(c4ccc(Cl)cc4)[C@H]3c3ccc(C(F)(F)F)cc3)C2=O)cc1. The van der Waals surface area contributed by atoms with E-state index in [4.69, 9.17) is 16.4 Å². The summed E-state index contributed by atoms with van der Waals surface area (Å²) in [4.78, 5) is 45.7. The smallest absolute Gasteiger partial charge is 0.416 e. The summed E-state index contributed by atoms with van der Waals surface area (Å²) in [5.41, 5.74) is 0.451. The summed E-state index contributed by atoms with van der Waals surface area (Å²) >= 11 is 5.99. The molecule has 0 N–H and O–H groups in total. The maximum absolute atomic E-state index is 13.6. The Hall–Kier alpha value is -3.89. The molecule has 3 atom stereocenters. The summed E-state index contributed by atoms with van der Waals surface area (Å²) in [6.45, 7) is 0. The van der Waals surface area contributed by atoms with Crippen LogP contribution in [0.2, 0.25) is 5.02 Å². The van der Waals surface area contributed by atoms with Crippen LogP contribution in [-0.2, 0) is 25.3 Å². The lowest BCUT2D eigenvalue weighted by Crippen LogP contribution is -2.37. The van der Waals surface area contributed by atoms with Crippen LogP contribution in [0.5, 0.6) is 0 Å². The first-order valence-corrected chi connectivity index (χ1v) is 11.4. The highest BCUT2D eigenvalue weighted by atomic mass is 35.5. The average molecular weight is 531 g/mol. The van der Waals surface area contributed by atoms with Crippen LogP contribution in [0.15, 0.2) is 72.8 Å². The first-order chi connectivity index (χ1) is 17.6. The first kappa shape index (κ1) is 24.8. The number of fused-ring (bicyclic) bond motifs is 1. The number of alkyl halides is 3. The highest BCUT2D eigenvalue weighted by molar-refractivity contribution is 6.30. The zero-order chi connectivity index (χ0) is 26.5. The third-order valence-electron chi connectivity index (χ3n) is 6.32. The number of hydroxylamine groups is 1. The van der Waals surface area contributed by atoms with E-state index in [1.807, 2.05) is 0 Å². The minimum absolute atomic E-state index is 0.227. The van der Waals surface area contributed by atoms with Gasteiger partial charge in [0.25, 0.3) is 5.91 Å². The Morgan fingerprint density at radius 2 is 1.49 bits per heavy atom. The van der Waals surface area contributed by atoms with Crippen molar-refractivity contribution in [2.75, 3.05) is 17.1 Å². The fraction of sp³-hybridized carbons (Fsp3) is 0.192. The summed E-state index contributed by atoms with van der Waals surface area (Å²) in [5.74, 6) is -2.83. The van der Waals surface area contributed by atoms with Gasteiger partial charge in [0, 0.05) is 5.02 Å². The molecule has 3 aromatic rings. The maximum atomic E-state index is 13.6. The van der Waals surface area contributed by atoms with E-state index in [1.54, 1.807) is 24.3 Å². The molecule has 0 radical (unpaired) electrons. The Balaban J connectivity index is 1.53. The first-order valence-electron chi connectivity index (χ1n) is 11.0.